The summed E-state index contributed by atoms with van der Waals surface area (Å²) in [6.07, 6.45) is 1.00. The Kier molecular flexibility index (Phi) is 6.67. The molecule has 0 aliphatic rings. The van der Waals surface area contributed by atoms with E-state index < -0.39 is 16.6 Å². The molecule has 0 saturated heterocycles. The van der Waals surface area contributed by atoms with Gasteiger partial charge in [0, 0.05) is 0 Å². The quantitative estimate of drug-likeness (QED) is 0.645. The van der Waals surface area contributed by atoms with E-state index in [1.807, 2.05) is 12.1 Å². The van der Waals surface area contributed by atoms with Crippen molar-refractivity contribution in [2.24, 2.45) is 10.8 Å². The van der Waals surface area contributed by atoms with E-state index in [9.17, 15) is 17.4 Å². The molecule has 0 radical (unpaired) electrons. The minimum atomic E-state index is -4.84. The predicted octanol–water partition coefficient (Wildman–Crippen LogP) is 5.95. The second-order valence-electron chi connectivity index (χ2n) is 8.37. The highest BCUT2D eigenvalue weighted by atomic mass is 32.2. The maximum Gasteiger partial charge on any atom is 0.497 e. The summed E-state index contributed by atoms with van der Waals surface area (Å²) in [7, 11) is 0. The Morgan fingerprint density at radius 3 is 1.88 bits per heavy atom. The van der Waals surface area contributed by atoms with Crippen molar-refractivity contribution in [2.75, 3.05) is 0 Å². The lowest BCUT2D eigenvalue weighted by molar-refractivity contribution is -0.0477. The zero-order chi connectivity index (χ0) is 18.8. The van der Waals surface area contributed by atoms with Crippen LogP contribution in [0, 0.1) is 10.8 Å². The van der Waals surface area contributed by atoms with Crippen molar-refractivity contribution >= 4 is 11.1 Å². The van der Waals surface area contributed by atoms with Crippen LogP contribution < -0.4 is 0 Å². The minimum Gasteiger partial charge on any atom is -0.279 e. The molecule has 6 heteroatoms. The van der Waals surface area contributed by atoms with Gasteiger partial charge in [0.2, 0.25) is 0 Å². The topological polar surface area (TPSA) is 26.3 Å². The molecule has 2 nitrogen and oxygen atoms in total. The van der Waals surface area contributed by atoms with E-state index in [1.54, 1.807) is 12.1 Å². The summed E-state index contributed by atoms with van der Waals surface area (Å²) in [5, 5.41) is 0. The normalized spacial score (nSPS) is 16.0. The first kappa shape index (κ1) is 21.2. The summed E-state index contributed by atoms with van der Waals surface area (Å²) in [5.41, 5.74) is -2.88. The van der Waals surface area contributed by atoms with Crippen molar-refractivity contribution in [3.8, 4) is 0 Å². The molecule has 0 amide bonds. The van der Waals surface area contributed by atoms with E-state index in [2.05, 4.69) is 45.7 Å². The van der Waals surface area contributed by atoms with Crippen LogP contribution >= 0.6 is 0 Å². The molecule has 0 heterocycles. The zero-order valence-corrected chi connectivity index (χ0v) is 16.0. The second kappa shape index (κ2) is 7.56. The maximum atomic E-state index is 12.2. The standard InChI is InChI=1S/C18H27F3O2S/c1-16(2,3)11-15(17(4,5)6)14-9-7-13(8-10-14)12-23-24(22)18(19,20)21/h7-10,15H,11-12H2,1-6H3. The van der Waals surface area contributed by atoms with E-state index in [0.29, 0.717) is 11.5 Å². The first-order chi connectivity index (χ1) is 10.7. The summed E-state index contributed by atoms with van der Waals surface area (Å²) in [4.78, 5) is 0. The Bertz CT molecular complexity index is 552. The molecule has 0 bridgehead atoms. The van der Waals surface area contributed by atoms with Crippen molar-refractivity contribution < 1.29 is 21.6 Å². The number of rotatable bonds is 5. The van der Waals surface area contributed by atoms with Crippen LogP contribution in [0.3, 0.4) is 0 Å². The van der Waals surface area contributed by atoms with E-state index >= 15 is 0 Å². The van der Waals surface area contributed by atoms with Crippen LogP contribution in [0.5, 0.6) is 0 Å². The molecule has 0 aliphatic carbocycles. The van der Waals surface area contributed by atoms with Gasteiger partial charge in [0.15, 0.2) is 0 Å². The maximum absolute atomic E-state index is 12.2. The van der Waals surface area contributed by atoms with Gasteiger partial charge in [0.25, 0.3) is 11.1 Å². The van der Waals surface area contributed by atoms with Crippen LogP contribution in [-0.4, -0.2) is 9.72 Å². The van der Waals surface area contributed by atoms with E-state index in [4.69, 9.17) is 0 Å². The molecule has 1 rings (SSSR count). The third-order valence-corrected chi connectivity index (χ3v) is 4.48. The Morgan fingerprint density at radius 1 is 1.00 bits per heavy atom. The fourth-order valence-corrected chi connectivity index (χ4v) is 2.95. The number of alkyl halides is 3. The van der Waals surface area contributed by atoms with Gasteiger partial charge in [-0.05, 0) is 34.3 Å². The predicted molar refractivity (Wildman–Crippen MR) is 91.7 cm³/mol. The molecular weight excluding hydrogens is 337 g/mol. The third kappa shape index (κ3) is 6.93. The number of benzene rings is 1. The van der Waals surface area contributed by atoms with Gasteiger partial charge in [-0.25, -0.2) is 4.21 Å². The summed E-state index contributed by atoms with van der Waals surface area (Å²) < 4.78 is 51.8. The Labute approximate surface area is 145 Å². The highest BCUT2D eigenvalue weighted by Gasteiger charge is 2.38. The highest BCUT2D eigenvalue weighted by molar-refractivity contribution is 7.81. The molecule has 1 aromatic carbocycles. The molecule has 2 unspecified atom stereocenters. The van der Waals surface area contributed by atoms with Gasteiger partial charge < -0.3 is 0 Å². The first-order valence-electron chi connectivity index (χ1n) is 7.91. The molecule has 0 fully saturated rings. The van der Waals surface area contributed by atoms with Gasteiger partial charge in [-0.15, -0.1) is 0 Å². The molecule has 1 aromatic rings. The Balaban J connectivity index is 2.86. The van der Waals surface area contributed by atoms with E-state index in [-0.39, 0.29) is 17.4 Å². The van der Waals surface area contributed by atoms with Gasteiger partial charge >= 0.3 is 5.51 Å². The number of hydrogen-bond donors (Lipinski definition) is 0. The van der Waals surface area contributed by atoms with Crippen molar-refractivity contribution in [2.45, 2.75) is 66.0 Å². The van der Waals surface area contributed by atoms with Crippen molar-refractivity contribution in [1.29, 1.82) is 0 Å². The van der Waals surface area contributed by atoms with E-state index in [0.717, 1.165) is 12.0 Å². The number of hydrogen-bond acceptors (Lipinski definition) is 2. The fraction of sp³-hybridized carbons (Fsp3) is 0.667. The lowest BCUT2D eigenvalue weighted by Crippen LogP contribution is -2.23. The molecular formula is C18H27F3O2S. The highest BCUT2D eigenvalue weighted by Crippen LogP contribution is 2.43. The molecule has 0 aliphatic heterocycles. The van der Waals surface area contributed by atoms with Crippen molar-refractivity contribution in [3.05, 3.63) is 35.4 Å². The summed E-state index contributed by atoms with van der Waals surface area (Å²) in [5.74, 6) is 0.330. The van der Waals surface area contributed by atoms with Gasteiger partial charge in [-0.2, -0.15) is 13.2 Å². The largest absolute Gasteiger partial charge is 0.497 e. The van der Waals surface area contributed by atoms with E-state index in [1.165, 1.54) is 0 Å². The summed E-state index contributed by atoms with van der Waals surface area (Å²) in [6, 6.07) is 7.34. The summed E-state index contributed by atoms with van der Waals surface area (Å²) in [6.45, 7) is 12.8. The lowest BCUT2D eigenvalue weighted by atomic mass is 9.69. The molecule has 0 N–H and O–H groups in total. The van der Waals surface area contributed by atoms with Gasteiger partial charge in [-0.3, -0.25) is 4.18 Å². The smallest absolute Gasteiger partial charge is 0.279 e. The SMILES string of the molecule is CC(C)(C)CC(c1ccc(COS(=O)C(F)(F)F)cc1)C(C)(C)C. The van der Waals surface area contributed by atoms with Crippen LogP contribution in [0.2, 0.25) is 0 Å². The Morgan fingerprint density at radius 2 is 1.50 bits per heavy atom. The average Bonchev–Trinajstić information content (AvgIpc) is 2.39. The molecule has 2 atom stereocenters. The molecule has 0 aromatic heterocycles. The van der Waals surface area contributed by atoms with Crippen LogP contribution in [-0.2, 0) is 21.9 Å². The van der Waals surface area contributed by atoms with Gasteiger partial charge in [-0.1, -0.05) is 65.8 Å². The molecule has 0 saturated carbocycles. The minimum absolute atomic E-state index is 0.0725. The van der Waals surface area contributed by atoms with Gasteiger partial charge in [0.1, 0.15) is 0 Å². The van der Waals surface area contributed by atoms with Crippen LogP contribution in [0.4, 0.5) is 13.2 Å². The zero-order valence-electron chi connectivity index (χ0n) is 15.2. The molecule has 138 valence electrons. The molecule has 24 heavy (non-hydrogen) atoms. The van der Waals surface area contributed by atoms with Crippen molar-refractivity contribution in [3.63, 3.8) is 0 Å². The average molecular weight is 364 g/mol. The molecule has 0 spiro atoms. The third-order valence-electron chi connectivity index (χ3n) is 3.77. The fourth-order valence-electron chi connectivity index (χ4n) is 2.57. The van der Waals surface area contributed by atoms with Crippen LogP contribution in [0.1, 0.15) is 65.0 Å². The van der Waals surface area contributed by atoms with Gasteiger partial charge in [0.05, 0.1) is 6.61 Å². The summed E-state index contributed by atoms with van der Waals surface area (Å²) >= 11 is -3.28. The van der Waals surface area contributed by atoms with Crippen LogP contribution in [0.15, 0.2) is 24.3 Å². The lowest BCUT2D eigenvalue weighted by Gasteiger charge is -2.36. The van der Waals surface area contributed by atoms with Crippen molar-refractivity contribution in [1.82, 2.24) is 0 Å². The second-order valence-corrected chi connectivity index (χ2v) is 9.54. The van der Waals surface area contributed by atoms with Crippen LogP contribution in [0.25, 0.3) is 0 Å². The monoisotopic (exact) mass is 364 g/mol. The first-order valence-corrected chi connectivity index (χ1v) is 8.98. The number of halogens is 3. The Hall–Kier alpha value is -0.880.